The maximum atomic E-state index is 13.1. The first kappa shape index (κ1) is 25.8. The molecule has 6 rings (SSSR count). The van der Waals surface area contributed by atoms with E-state index in [1.165, 1.54) is 0 Å². The minimum atomic E-state index is -1.03. The van der Waals surface area contributed by atoms with Gasteiger partial charge in [0.1, 0.15) is 0 Å². The van der Waals surface area contributed by atoms with Crippen molar-refractivity contribution in [2.45, 2.75) is 20.0 Å². The first-order chi connectivity index (χ1) is 20.0. The van der Waals surface area contributed by atoms with Gasteiger partial charge >= 0.3 is 5.97 Å². The number of rotatable bonds is 6. The molecular weight excluding hydrogens is 512 g/mol. The fraction of sp³-hybridized carbons (Fsp3) is 0.0882. The molecule has 0 aliphatic rings. The van der Waals surface area contributed by atoms with E-state index >= 15 is 0 Å². The standard InChI is InChI=1S/C34H26N4O3/c1-21-19-29(26-15-9-10-16-27(26)35-21)38-33(39)22(2)41-34(40)25-17-18-28-30(20-25)37-32(24-13-7-4-8-14-24)31(36-28)23-11-5-3-6-12-23/h3-20,22H,1-2H3,(H,35,38,39). The lowest BCUT2D eigenvalue weighted by Crippen LogP contribution is -2.30. The van der Waals surface area contributed by atoms with Crippen molar-refractivity contribution < 1.29 is 14.3 Å². The quantitative estimate of drug-likeness (QED) is 0.229. The number of pyridine rings is 1. The Balaban J connectivity index is 1.27. The number of nitrogens with zero attached hydrogens (tertiary/aromatic N) is 3. The first-order valence-corrected chi connectivity index (χ1v) is 13.3. The highest BCUT2D eigenvalue weighted by molar-refractivity contribution is 6.04. The van der Waals surface area contributed by atoms with Crippen molar-refractivity contribution in [1.82, 2.24) is 15.0 Å². The number of fused-ring (bicyclic) bond motifs is 2. The van der Waals surface area contributed by atoms with Crippen LogP contribution in [-0.4, -0.2) is 32.9 Å². The minimum Gasteiger partial charge on any atom is -0.449 e. The van der Waals surface area contributed by atoms with Gasteiger partial charge in [0.05, 0.1) is 39.2 Å². The van der Waals surface area contributed by atoms with E-state index in [0.717, 1.165) is 33.4 Å². The third-order valence-corrected chi connectivity index (χ3v) is 6.75. The average molecular weight is 539 g/mol. The highest BCUT2D eigenvalue weighted by Crippen LogP contribution is 2.31. The number of esters is 1. The van der Waals surface area contributed by atoms with E-state index in [0.29, 0.717) is 22.4 Å². The molecule has 0 aliphatic carbocycles. The van der Waals surface area contributed by atoms with Crippen LogP contribution in [0.15, 0.2) is 109 Å². The van der Waals surface area contributed by atoms with Gasteiger partial charge in [-0.05, 0) is 44.2 Å². The molecule has 0 radical (unpaired) electrons. The Kier molecular flexibility index (Phi) is 6.92. The summed E-state index contributed by atoms with van der Waals surface area (Å²) in [4.78, 5) is 40.4. The maximum Gasteiger partial charge on any atom is 0.338 e. The smallest absolute Gasteiger partial charge is 0.338 e. The zero-order valence-corrected chi connectivity index (χ0v) is 22.5. The fourth-order valence-corrected chi connectivity index (χ4v) is 4.70. The second-order valence-electron chi connectivity index (χ2n) is 9.72. The van der Waals surface area contributed by atoms with Crippen molar-refractivity contribution in [3.63, 3.8) is 0 Å². The zero-order valence-electron chi connectivity index (χ0n) is 22.5. The van der Waals surface area contributed by atoms with Gasteiger partial charge in [-0.15, -0.1) is 0 Å². The van der Waals surface area contributed by atoms with E-state index in [2.05, 4.69) is 10.3 Å². The Morgan fingerprint density at radius 1 is 0.683 bits per heavy atom. The number of amides is 1. The van der Waals surface area contributed by atoms with Gasteiger partial charge in [-0.1, -0.05) is 78.9 Å². The van der Waals surface area contributed by atoms with E-state index in [1.54, 1.807) is 31.2 Å². The summed E-state index contributed by atoms with van der Waals surface area (Å²) in [7, 11) is 0. The van der Waals surface area contributed by atoms with Crippen molar-refractivity contribution in [3.05, 3.63) is 120 Å². The van der Waals surface area contributed by atoms with Crippen molar-refractivity contribution in [2.24, 2.45) is 0 Å². The maximum absolute atomic E-state index is 13.1. The van der Waals surface area contributed by atoms with Gasteiger partial charge in [0, 0.05) is 22.2 Å². The number of hydrogen-bond acceptors (Lipinski definition) is 6. The van der Waals surface area contributed by atoms with Crippen molar-refractivity contribution in [3.8, 4) is 22.5 Å². The summed E-state index contributed by atoms with van der Waals surface area (Å²) in [6.07, 6.45) is -1.03. The Bertz CT molecular complexity index is 1910. The van der Waals surface area contributed by atoms with Crippen LogP contribution in [0.4, 0.5) is 5.69 Å². The van der Waals surface area contributed by atoms with Crippen LogP contribution in [0, 0.1) is 6.92 Å². The van der Waals surface area contributed by atoms with Crippen LogP contribution in [-0.2, 0) is 9.53 Å². The second kappa shape index (κ2) is 11.0. The predicted octanol–water partition coefficient (Wildman–Crippen LogP) is 7.00. The van der Waals surface area contributed by atoms with E-state index in [1.807, 2.05) is 91.9 Å². The molecule has 1 N–H and O–H groups in total. The Morgan fingerprint density at radius 2 is 1.29 bits per heavy atom. The van der Waals surface area contributed by atoms with E-state index in [9.17, 15) is 9.59 Å². The molecule has 200 valence electrons. The van der Waals surface area contributed by atoms with Gasteiger partial charge in [-0.25, -0.2) is 14.8 Å². The number of nitrogens with one attached hydrogen (secondary N) is 1. The lowest BCUT2D eigenvalue weighted by Gasteiger charge is -2.15. The predicted molar refractivity (Wildman–Crippen MR) is 160 cm³/mol. The van der Waals surface area contributed by atoms with Crippen LogP contribution in [0.1, 0.15) is 23.0 Å². The molecule has 7 heteroatoms. The van der Waals surface area contributed by atoms with Gasteiger partial charge in [-0.2, -0.15) is 0 Å². The topological polar surface area (TPSA) is 94.1 Å². The number of benzene rings is 4. The summed E-state index contributed by atoms with van der Waals surface area (Å²) >= 11 is 0. The summed E-state index contributed by atoms with van der Waals surface area (Å²) in [5.41, 5.74) is 6.96. The van der Waals surface area contributed by atoms with Gasteiger partial charge < -0.3 is 10.1 Å². The number of aromatic nitrogens is 3. The number of para-hydroxylation sites is 1. The molecule has 0 bridgehead atoms. The molecule has 7 nitrogen and oxygen atoms in total. The van der Waals surface area contributed by atoms with Crippen LogP contribution in [0.2, 0.25) is 0 Å². The Hall–Kier alpha value is -5.43. The molecule has 1 unspecified atom stereocenters. The lowest BCUT2D eigenvalue weighted by molar-refractivity contribution is -0.123. The van der Waals surface area contributed by atoms with Crippen LogP contribution in [0.3, 0.4) is 0 Å². The van der Waals surface area contributed by atoms with Crippen LogP contribution in [0.25, 0.3) is 44.5 Å². The second-order valence-corrected chi connectivity index (χ2v) is 9.72. The average Bonchev–Trinajstić information content (AvgIpc) is 3.00. The minimum absolute atomic E-state index is 0.281. The zero-order chi connectivity index (χ0) is 28.3. The molecule has 6 aromatic rings. The molecule has 4 aromatic carbocycles. The number of carbonyl (C=O) groups is 2. The van der Waals surface area contributed by atoms with Crippen molar-refractivity contribution in [2.75, 3.05) is 5.32 Å². The van der Waals surface area contributed by atoms with Gasteiger partial charge in [-0.3, -0.25) is 9.78 Å². The third-order valence-electron chi connectivity index (χ3n) is 6.75. The summed E-state index contributed by atoms with van der Waals surface area (Å²) in [5, 5.41) is 3.69. The third kappa shape index (κ3) is 5.38. The molecule has 1 atom stereocenters. The molecule has 41 heavy (non-hydrogen) atoms. The normalized spacial score (nSPS) is 11.8. The first-order valence-electron chi connectivity index (χ1n) is 13.3. The summed E-state index contributed by atoms with van der Waals surface area (Å²) in [6, 6.07) is 34.1. The molecule has 2 aromatic heterocycles. The number of anilines is 1. The Morgan fingerprint density at radius 3 is 1.98 bits per heavy atom. The van der Waals surface area contributed by atoms with Crippen LogP contribution >= 0.6 is 0 Å². The lowest BCUT2D eigenvalue weighted by atomic mass is 10.0. The molecule has 0 saturated carbocycles. The monoisotopic (exact) mass is 538 g/mol. The van der Waals surface area contributed by atoms with Crippen molar-refractivity contribution >= 4 is 39.5 Å². The van der Waals surface area contributed by atoms with E-state index in [4.69, 9.17) is 14.7 Å². The number of hydrogen-bond donors (Lipinski definition) is 1. The largest absolute Gasteiger partial charge is 0.449 e. The summed E-state index contributed by atoms with van der Waals surface area (Å²) in [5.74, 6) is -1.06. The van der Waals surface area contributed by atoms with Gasteiger partial charge in [0.25, 0.3) is 5.91 Å². The molecular formula is C34H26N4O3. The van der Waals surface area contributed by atoms with Crippen LogP contribution in [0.5, 0.6) is 0 Å². The number of aryl methyl sites for hydroxylation is 1. The highest BCUT2D eigenvalue weighted by Gasteiger charge is 2.21. The molecule has 2 heterocycles. The summed E-state index contributed by atoms with van der Waals surface area (Å²) < 4.78 is 5.55. The molecule has 0 aliphatic heterocycles. The van der Waals surface area contributed by atoms with Crippen LogP contribution < -0.4 is 5.32 Å². The van der Waals surface area contributed by atoms with Gasteiger partial charge in [0.15, 0.2) is 6.10 Å². The molecule has 0 saturated heterocycles. The van der Waals surface area contributed by atoms with E-state index in [-0.39, 0.29) is 5.56 Å². The highest BCUT2D eigenvalue weighted by atomic mass is 16.5. The molecule has 0 fully saturated rings. The van der Waals surface area contributed by atoms with Gasteiger partial charge in [0.2, 0.25) is 0 Å². The number of carbonyl (C=O) groups excluding carboxylic acids is 2. The Labute approximate surface area is 236 Å². The fourth-order valence-electron chi connectivity index (χ4n) is 4.70. The summed E-state index contributed by atoms with van der Waals surface area (Å²) in [6.45, 7) is 3.41. The molecule has 0 spiro atoms. The van der Waals surface area contributed by atoms with Crippen molar-refractivity contribution in [1.29, 1.82) is 0 Å². The molecule has 1 amide bonds. The SMILES string of the molecule is Cc1cc(NC(=O)C(C)OC(=O)c2ccc3nc(-c4ccccc4)c(-c4ccccc4)nc3c2)c2ccccc2n1. The number of ether oxygens (including phenoxy) is 1. The van der Waals surface area contributed by atoms with E-state index < -0.39 is 18.0 Å².